The summed E-state index contributed by atoms with van der Waals surface area (Å²) in [6.45, 7) is 4.27. The Labute approximate surface area is 192 Å². The minimum atomic E-state index is -0.109. The second kappa shape index (κ2) is 9.46. The largest absolute Gasteiger partial charge is 0.497 e. The van der Waals surface area contributed by atoms with Gasteiger partial charge in [0.25, 0.3) is 5.91 Å². The summed E-state index contributed by atoms with van der Waals surface area (Å²) in [5, 5.41) is 10.9. The number of pyridine rings is 1. The van der Waals surface area contributed by atoms with Gasteiger partial charge >= 0.3 is 0 Å². The van der Waals surface area contributed by atoms with Crippen LogP contribution in [-0.4, -0.2) is 57.3 Å². The Kier molecular flexibility index (Phi) is 6.08. The van der Waals surface area contributed by atoms with Crippen molar-refractivity contribution >= 4 is 16.9 Å². The van der Waals surface area contributed by atoms with Gasteiger partial charge in [-0.2, -0.15) is 5.10 Å². The number of carbonyl (C=O) groups excluding carboxylic acids is 1. The molecule has 1 saturated heterocycles. The molecule has 33 heavy (non-hydrogen) atoms. The molecular weight excluding hydrogens is 416 g/mol. The zero-order chi connectivity index (χ0) is 22.6. The molecule has 0 unspecified atom stereocenters. The van der Waals surface area contributed by atoms with Gasteiger partial charge in [0.15, 0.2) is 0 Å². The average molecular weight is 445 g/mol. The third-order valence-electron chi connectivity index (χ3n) is 6.20. The summed E-state index contributed by atoms with van der Waals surface area (Å²) in [6, 6.07) is 13.7. The van der Waals surface area contributed by atoms with Crippen LogP contribution < -0.4 is 10.1 Å². The summed E-state index contributed by atoms with van der Waals surface area (Å²) in [4.78, 5) is 20.6. The fourth-order valence-corrected chi connectivity index (χ4v) is 4.40. The van der Waals surface area contributed by atoms with Gasteiger partial charge in [0.2, 0.25) is 0 Å². The second-order valence-corrected chi connectivity index (χ2v) is 8.36. The molecule has 3 aromatic heterocycles. The van der Waals surface area contributed by atoms with Crippen molar-refractivity contribution in [1.82, 2.24) is 30.0 Å². The van der Waals surface area contributed by atoms with E-state index >= 15 is 0 Å². The van der Waals surface area contributed by atoms with Crippen molar-refractivity contribution < 1.29 is 9.53 Å². The predicted molar refractivity (Wildman–Crippen MR) is 127 cm³/mol. The molecular formula is C25H28N6O2. The SMILES string of the molecule is COc1cccc(CNC(=O)c2cc3ccc(-c4cn[nH]c4)nc3n2CCN2CCCC2)c1. The Morgan fingerprint density at radius 3 is 2.82 bits per heavy atom. The number of amides is 1. The van der Waals surface area contributed by atoms with Crippen LogP contribution in [0.3, 0.4) is 0 Å². The first kappa shape index (κ1) is 21.2. The van der Waals surface area contributed by atoms with Crippen LogP contribution in [0.25, 0.3) is 22.3 Å². The second-order valence-electron chi connectivity index (χ2n) is 8.36. The number of fused-ring (bicyclic) bond motifs is 1. The van der Waals surface area contributed by atoms with Gasteiger partial charge in [-0.25, -0.2) is 4.98 Å². The molecule has 170 valence electrons. The van der Waals surface area contributed by atoms with E-state index in [9.17, 15) is 4.79 Å². The van der Waals surface area contributed by atoms with E-state index in [2.05, 4.69) is 25.0 Å². The lowest BCUT2D eigenvalue weighted by Gasteiger charge is -2.17. The van der Waals surface area contributed by atoms with Crippen LogP contribution >= 0.6 is 0 Å². The maximum absolute atomic E-state index is 13.3. The van der Waals surface area contributed by atoms with Gasteiger partial charge in [0.1, 0.15) is 17.1 Å². The molecule has 4 heterocycles. The van der Waals surface area contributed by atoms with Gasteiger partial charge in [0, 0.05) is 36.8 Å². The lowest BCUT2D eigenvalue weighted by atomic mass is 10.2. The van der Waals surface area contributed by atoms with Crippen molar-refractivity contribution in [1.29, 1.82) is 0 Å². The normalized spacial score (nSPS) is 14.1. The summed E-state index contributed by atoms with van der Waals surface area (Å²) >= 11 is 0. The van der Waals surface area contributed by atoms with Crippen LogP contribution in [0.5, 0.6) is 5.75 Å². The molecule has 8 nitrogen and oxygen atoms in total. The number of H-pyrrole nitrogens is 1. The highest BCUT2D eigenvalue weighted by Gasteiger charge is 2.19. The summed E-state index contributed by atoms with van der Waals surface area (Å²) in [6.07, 6.45) is 6.06. The number of hydrogen-bond donors (Lipinski definition) is 2. The molecule has 0 saturated carbocycles. The Bertz CT molecular complexity index is 1240. The predicted octanol–water partition coefficient (Wildman–Crippen LogP) is 3.46. The van der Waals surface area contributed by atoms with Crippen LogP contribution in [0.1, 0.15) is 28.9 Å². The first-order valence-corrected chi connectivity index (χ1v) is 11.3. The number of nitrogens with one attached hydrogen (secondary N) is 2. The maximum atomic E-state index is 13.3. The number of carbonyl (C=O) groups is 1. The Hall–Kier alpha value is -3.65. The van der Waals surface area contributed by atoms with E-state index in [1.807, 2.05) is 48.7 Å². The topological polar surface area (TPSA) is 88.1 Å². The van der Waals surface area contributed by atoms with E-state index < -0.39 is 0 Å². The van der Waals surface area contributed by atoms with Crippen LogP contribution in [0, 0.1) is 0 Å². The van der Waals surface area contributed by atoms with Gasteiger partial charge in [0.05, 0.1) is 19.0 Å². The van der Waals surface area contributed by atoms with Crippen LogP contribution in [0.2, 0.25) is 0 Å². The van der Waals surface area contributed by atoms with E-state index in [1.54, 1.807) is 13.3 Å². The summed E-state index contributed by atoms with van der Waals surface area (Å²) in [5.74, 6) is 0.666. The molecule has 4 aromatic rings. The lowest BCUT2D eigenvalue weighted by Crippen LogP contribution is -2.29. The summed E-state index contributed by atoms with van der Waals surface area (Å²) < 4.78 is 7.35. The van der Waals surface area contributed by atoms with Gasteiger partial charge in [-0.05, 0) is 61.8 Å². The van der Waals surface area contributed by atoms with Crippen molar-refractivity contribution in [2.45, 2.75) is 25.9 Å². The molecule has 1 aliphatic heterocycles. The number of hydrogen-bond acceptors (Lipinski definition) is 5. The van der Waals surface area contributed by atoms with Crippen LogP contribution in [-0.2, 0) is 13.1 Å². The number of aromatic amines is 1. The number of rotatable bonds is 8. The third-order valence-corrected chi connectivity index (χ3v) is 6.20. The monoisotopic (exact) mass is 444 g/mol. The fourth-order valence-electron chi connectivity index (χ4n) is 4.40. The highest BCUT2D eigenvalue weighted by atomic mass is 16.5. The zero-order valence-corrected chi connectivity index (χ0v) is 18.8. The zero-order valence-electron chi connectivity index (χ0n) is 18.8. The molecule has 1 fully saturated rings. The van der Waals surface area contributed by atoms with Gasteiger partial charge in [-0.1, -0.05) is 12.1 Å². The molecule has 2 N–H and O–H groups in total. The molecule has 0 radical (unpaired) electrons. The lowest BCUT2D eigenvalue weighted by molar-refractivity contribution is 0.0941. The molecule has 5 rings (SSSR count). The van der Waals surface area contributed by atoms with Gasteiger partial charge in [-0.3, -0.25) is 9.89 Å². The number of ether oxygens (including phenoxy) is 1. The molecule has 8 heteroatoms. The minimum absolute atomic E-state index is 0.109. The first-order valence-electron chi connectivity index (χ1n) is 11.3. The molecule has 1 aromatic carbocycles. The number of likely N-dealkylation sites (tertiary alicyclic amines) is 1. The van der Waals surface area contributed by atoms with E-state index in [0.717, 1.165) is 53.2 Å². The average Bonchev–Trinajstić information content (AvgIpc) is 3.62. The van der Waals surface area contributed by atoms with E-state index in [0.29, 0.717) is 18.8 Å². The molecule has 1 aliphatic rings. The number of nitrogens with zero attached hydrogens (tertiary/aromatic N) is 4. The molecule has 0 aliphatic carbocycles. The molecule has 1 amide bonds. The smallest absolute Gasteiger partial charge is 0.268 e. The van der Waals surface area contributed by atoms with E-state index in [4.69, 9.17) is 9.72 Å². The number of aromatic nitrogens is 4. The number of methoxy groups -OCH3 is 1. The first-order chi connectivity index (χ1) is 16.2. The highest BCUT2D eigenvalue weighted by molar-refractivity contribution is 5.98. The molecule has 0 bridgehead atoms. The summed E-state index contributed by atoms with van der Waals surface area (Å²) in [7, 11) is 1.64. The Morgan fingerprint density at radius 2 is 2.03 bits per heavy atom. The standard InChI is InChI=1S/C25H28N6O2/c1-33-21-6-4-5-18(13-21)15-26-25(32)23-14-19-7-8-22(20-16-27-28-17-20)29-24(19)31(23)12-11-30-9-2-3-10-30/h4-8,13-14,16-17H,2-3,9-12,15H2,1H3,(H,26,32)(H,27,28). The van der Waals surface area contributed by atoms with E-state index in [-0.39, 0.29) is 5.91 Å². The highest BCUT2D eigenvalue weighted by Crippen LogP contribution is 2.24. The van der Waals surface area contributed by atoms with Crippen molar-refractivity contribution in [3.05, 3.63) is 66.1 Å². The van der Waals surface area contributed by atoms with Gasteiger partial charge in [-0.15, -0.1) is 0 Å². The molecule has 0 spiro atoms. The fraction of sp³-hybridized carbons (Fsp3) is 0.320. The number of benzene rings is 1. The third kappa shape index (κ3) is 4.61. The minimum Gasteiger partial charge on any atom is -0.497 e. The Balaban J connectivity index is 1.43. The van der Waals surface area contributed by atoms with Gasteiger partial charge < -0.3 is 19.5 Å². The van der Waals surface area contributed by atoms with E-state index in [1.165, 1.54) is 12.8 Å². The quantitative estimate of drug-likeness (QED) is 0.435. The maximum Gasteiger partial charge on any atom is 0.268 e. The Morgan fingerprint density at radius 1 is 1.15 bits per heavy atom. The van der Waals surface area contributed by atoms with Crippen LogP contribution in [0.15, 0.2) is 54.9 Å². The van der Waals surface area contributed by atoms with Crippen molar-refractivity contribution in [2.75, 3.05) is 26.7 Å². The van der Waals surface area contributed by atoms with Crippen LogP contribution in [0.4, 0.5) is 0 Å². The van der Waals surface area contributed by atoms with Crippen molar-refractivity contribution in [3.63, 3.8) is 0 Å². The summed E-state index contributed by atoms with van der Waals surface area (Å²) in [5.41, 5.74) is 4.19. The van der Waals surface area contributed by atoms with Crippen molar-refractivity contribution in [3.8, 4) is 17.0 Å². The van der Waals surface area contributed by atoms with Crippen molar-refractivity contribution in [2.24, 2.45) is 0 Å². The molecule has 0 atom stereocenters.